The van der Waals surface area contributed by atoms with E-state index in [1.807, 2.05) is 26.0 Å². The van der Waals surface area contributed by atoms with Gasteiger partial charge in [-0.2, -0.15) is 0 Å². The average molecular weight is 483 g/mol. The summed E-state index contributed by atoms with van der Waals surface area (Å²) in [5.41, 5.74) is 1.24. The second-order valence-corrected chi connectivity index (χ2v) is 8.75. The van der Waals surface area contributed by atoms with Crippen LogP contribution in [-0.4, -0.2) is 59.4 Å². The molecule has 1 fully saturated rings. The molecule has 7 heteroatoms. The molecule has 1 heterocycles. The van der Waals surface area contributed by atoms with Crippen LogP contribution in [0, 0.1) is 12.7 Å². The summed E-state index contributed by atoms with van der Waals surface area (Å²) in [6, 6.07) is 10.7. The molecule has 0 aromatic heterocycles. The number of likely N-dealkylation sites (N-methyl/N-ethyl adjacent to an activating group) is 1. The zero-order valence-electron chi connectivity index (χ0n) is 21.0. The number of nitrogens with zero attached hydrogens (tertiary/aromatic N) is 2. The third-order valence-corrected chi connectivity index (χ3v) is 6.50. The number of hydrogen-bond donors (Lipinski definition) is 1. The Morgan fingerprint density at radius 2 is 1.77 bits per heavy atom. The van der Waals surface area contributed by atoms with Crippen molar-refractivity contribution in [2.75, 3.05) is 32.8 Å². The first kappa shape index (κ1) is 26.4. The van der Waals surface area contributed by atoms with Crippen LogP contribution in [0.15, 0.2) is 48.0 Å². The quantitative estimate of drug-likeness (QED) is 0.209. The van der Waals surface area contributed by atoms with Crippen LogP contribution in [0.1, 0.15) is 56.3 Å². The number of hydrogen-bond acceptors (Lipinski definition) is 5. The highest BCUT2D eigenvalue weighted by atomic mass is 19.1. The third-order valence-electron chi connectivity index (χ3n) is 6.50. The lowest BCUT2D eigenvalue weighted by Crippen LogP contribution is -2.38. The molecule has 1 amide bonds. The van der Waals surface area contributed by atoms with Crippen LogP contribution in [0.2, 0.25) is 0 Å². The molecule has 0 aliphatic carbocycles. The lowest BCUT2D eigenvalue weighted by molar-refractivity contribution is -0.140. The zero-order valence-corrected chi connectivity index (χ0v) is 21.0. The standard InChI is InChI=1S/C28H35FN2O4/c1-5-8-17-35-22-13-11-20(12-14-22)25-24(26(32)21-10-9-19(4)23(29)18-21)27(33)28(34)31(25)16-15-30(6-2)7-3/h9-14,18,25,32H,5-8,15-17H2,1-4H3/t25-/m1/s1. The van der Waals surface area contributed by atoms with Crippen molar-refractivity contribution in [1.82, 2.24) is 9.80 Å². The molecule has 0 radical (unpaired) electrons. The van der Waals surface area contributed by atoms with Gasteiger partial charge in [0.1, 0.15) is 17.3 Å². The number of ketones is 1. The van der Waals surface area contributed by atoms with Crippen molar-refractivity contribution in [2.45, 2.75) is 46.6 Å². The zero-order chi connectivity index (χ0) is 25.5. The summed E-state index contributed by atoms with van der Waals surface area (Å²) in [6.07, 6.45) is 1.97. The number of Topliss-reactive ketones (excluding diaryl/α,β-unsaturated/α-hetero) is 1. The summed E-state index contributed by atoms with van der Waals surface area (Å²) in [5.74, 6) is -1.60. The van der Waals surface area contributed by atoms with Gasteiger partial charge in [0.2, 0.25) is 0 Å². The first-order valence-electron chi connectivity index (χ1n) is 12.3. The molecule has 1 aliphatic rings. The van der Waals surface area contributed by atoms with E-state index in [1.165, 1.54) is 17.0 Å². The highest BCUT2D eigenvalue weighted by Crippen LogP contribution is 2.39. The van der Waals surface area contributed by atoms with Gasteiger partial charge in [-0.25, -0.2) is 4.39 Å². The van der Waals surface area contributed by atoms with Crippen LogP contribution in [0.4, 0.5) is 4.39 Å². The van der Waals surface area contributed by atoms with E-state index in [0.29, 0.717) is 36.6 Å². The number of benzene rings is 2. The predicted octanol–water partition coefficient (Wildman–Crippen LogP) is 5.08. The van der Waals surface area contributed by atoms with E-state index in [4.69, 9.17) is 4.74 Å². The van der Waals surface area contributed by atoms with Crippen LogP contribution in [-0.2, 0) is 9.59 Å². The lowest BCUT2D eigenvalue weighted by atomic mass is 9.95. The van der Waals surface area contributed by atoms with Gasteiger partial charge in [0.05, 0.1) is 18.2 Å². The number of carbonyl (C=O) groups excluding carboxylic acids is 2. The van der Waals surface area contributed by atoms with Gasteiger partial charge in [0.25, 0.3) is 11.7 Å². The van der Waals surface area contributed by atoms with Gasteiger partial charge in [-0.05, 0) is 55.8 Å². The molecule has 0 bridgehead atoms. The molecular formula is C28H35FN2O4. The highest BCUT2D eigenvalue weighted by Gasteiger charge is 2.46. The predicted molar refractivity (Wildman–Crippen MR) is 135 cm³/mol. The Kier molecular flexibility index (Phi) is 9.04. The largest absolute Gasteiger partial charge is 0.507 e. The van der Waals surface area contributed by atoms with E-state index in [0.717, 1.165) is 25.9 Å². The SMILES string of the molecule is CCCCOc1ccc([C@@H]2C(=C(O)c3ccc(C)c(F)c3)C(=O)C(=O)N2CCN(CC)CC)cc1. The van der Waals surface area contributed by atoms with Crippen LogP contribution in [0.25, 0.3) is 5.76 Å². The Balaban J connectivity index is 2.04. The number of halogens is 1. The maximum absolute atomic E-state index is 14.2. The number of unbranched alkanes of at least 4 members (excludes halogenated alkanes) is 1. The van der Waals surface area contributed by atoms with Crippen LogP contribution in [0.5, 0.6) is 5.75 Å². The van der Waals surface area contributed by atoms with Gasteiger partial charge in [-0.1, -0.05) is 51.5 Å². The van der Waals surface area contributed by atoms with Crippen molar-refractivity contribution in [3.05, 3.63) is 70.5 Å². The maximum Gasteiger partial charge on any atom is 0.295 e. The normalized spacial score (nSPS) is 17.4. The number of amides is 1. The molecule has 0 spiro atoms. The van der Waals surface area contributed by atoms with Crippen molar-refractivity contribution < 1.29 is 23.8 Å². The summed E-state index contributed by atoms with van der Waals surface area (Å²) >= 11 is 0. The van der Waals surface area contributed by atoms with Gasteiger partial charge >= 0.3 is 0 Å². The Morgan fingerprint density at radius 1 is 1.09 bits per heavy atom. The number of ether oxygens (including phenoxy) is 1. The minimum Gasteiger partial charge on any atom is -0.507 e. The molecule has 6 nitrogen and oxygen atoms in total. The molecule has 1 saturated heterocycles. The first-order valence-corrected chi connectivity index (χ1v) is 12.3. The molecule has 1 N–H and O–H groups in total. The molecule has 0 saturated carbocycles. The summed E-state index contributed by atoms with van der Waals surface area (Å²) in [7, 11) is 0. The van der Waals surface area contributed by atoms with E-state index in [1.54, 1.807) is 25.1 Å². The van der Waals surface area contributed by atoms with Gasteiger partial charge in [-0.15, -0.1) is 0 Å². The summed E-state index contributed by atoms with van der Waals surface area (Å²) in [5, 5.41) is 11.1. The van der Waals surface area contributed by atoms with Crippen LogP contribution in [0.3, 0.4) is 0 Å². The van der Waals surface area contributed by atoms with E-state index < -0.39 is 23.5 Å². The second kappa shape index (κ2) is 12.0. The first-order chi connectivity index (χ1) is 16.8. The lowest BCUT2D eigenvalue weighted by Gasteiger charge is -2.28. The highest BCUT2D eigenvalue weighted by molar-refractivity contribution is 6.46. The monoisotopic (exact) mass is 482 g/mol. The Morgan fingerprint density at radius 3 is 2.37 bits per heavy atom. The fraction of sp³-hybridized carbons (Fsp3) is 0.429. The van der Waals surface area contributed by atoms with Crippen molar-refractivity contribution >= 4 is 17.4 Å². The molecule has 1 atom stereocenters. The Hall–Kier alpha value is -3.19. The molecular weight excluding hydrogens is 447 g/mol. The van der Waals surface area contributed by atoms with E-state index >= 15 is 0 Å². The minimum atomic E-state index is -0.778. The van der Waals surface area contributed by atoms with E-state index in [9.17, 15) is 19.1 Å². The van der Waals surface area contributed by atoms with Crippen molar-refractivity contribution in [1.29, 1.82) is 0 Å². The van der Waals surface area contributed by atoms with E-state index in [2.05, 4.69) is 11.8 Å². The summed E-state index contributed by atoms with van der Waals surface area (Å²) in [4.78, 5) is 29.9. The summed E-state index contributed by atoms with van der Waals surface area (Å²) in [6.45, 7) is 10.9. The molecule has 3 rings (SSSR count). The van der Waals surface area contributed by atoms with Crippen LogP contribution < -0.4 is 4.74 Å². The molecule has 188 valence electrons. The van der Waals surface area contributed by atoms with Gasteiger partial charge in [0, 0.05) is 18.7 Å². The van der Waals surface area contributed by atoms with Crippen molar-refractivity contribution in [2.24, 2.45) is 0 Å². The Bertz CT molecular complexity index is 1080. The molecule has 2 aromatic carbocycles. The fourth-order valence-corrected chi connectivity index (χ4v) is 4.22. The number of aliphatic hydroxyl groups is 1. The molecule has 2 aromatic rings. The second-order valence-electron chi connectivity index (χ2n) is 8.75. The number of aryl methyl sites for hydroxylation is 1. The van der Waals surface area contributed by atoms with E-state index in [-0.39, 0.29) is 16.9 Å². The van der Waals surface area contributed by atoms with Crippen molar-refractivity contribution in [3.63, 3.8) is 0 Å². The smallest absolute Gasteiger partial charge is 0.295 e. The molecule has 35 heavy (non-hydrogen) atoms. The Labute approximate surface area is 207 Å². The molecule has 0 unspecified atom stereocenters. The number of rotatable bonds is 11. The summed E-state index contributed by atoms with van der Waals surface area (Å²) < 4.78 is 20.0. The van der Waals surface area contributed by atoms with Gasteiger partial charge in [-0.3, -0.25) is 9.59 Å². The molecule has 1 aliphatic heterocycles. The third kappa shape index (κ3) is 5.90. The van der Waals surface area contributed by atoms with Crippen molar-refractivity contribution in [3.8, 4) is 5.75 Å². The topological polar surface area (TPSA) is 70.1 Å². The fourth-order valence-electron chi connectivity index (χ4n) is 4.22. The minimum absolute atomic E-state index is 0.0301. The van der Waals surface area contributed by atoms with Crippen LogP contribution >= 0.6 is 0 Å². The average Bonchev–Trinajstić information content (AvgIpc) is 3.11. The maximum atomic E-state index is 14.2. The number of carbonyl (C=O) groups is 2. The van der Waals surface area contributed by atoms with Gasteiger partial charge in [0.15, 0.2) is 0 Å². The van der Waals surface area contributed by atoms with Gasteiger partial charge < -0.3 is 19.6 Å². The number of aliphatic hydroxyl groups excluding tert-OH is 1. The number of likely N-dealkylation sites (tertiary alicyclic amines) is 1.